The van der Waals surface area contributed by atoms with Gasteiger partial charge in [0.05, 0.1) is 35.0 Å². The van der Waals surface area contributed by atoms with Crippen molar-refractivity contribution >= 4 is 34.0 Å². The van der Waals surface area contributed by atoms with Crippen molar-refractivity contribution in [3.05, 3.63) is 72.7 Å². The molecule has 1 amide bonds. The van der Waals surface area contributed by atoms with Crippen molar-refractivity contribution in [1.82, 2.24) is 34.9 Å². The Balaban J connectivity index is 1.34. The first kappa shape index (κ1) is 23.7. The second-order valence-corrected chi connectivity index (χ2v) is 9.60. The summed E-state index contributed by atoms with van der Waals surface area (Å²) >= 11 is 0. The molecule has 0 aliphatic carbocycles. The molecule has 11 nitrogen and oxygen atoms in total. The Kier molecular flexibility index (Phi) is 6.04. The van der Waals surface area contributed by atoms with Crippen molar-refractivity contribution in [3.8, 4) is 11.5 Å². The number of benzene rings is 1. The zero-order chi connectivity index (χ0) is 26.2. The fourth-order valence-corrected chi connectivity index (χ4v) is 5.00. The van der Waals surface area contributed by atoms with Gasteiger partial charge in [-0.1, -0.05) is 0 Å². The highest BCUT2D eigenvalue weighted by Crippen LogP contribution is 2.31. The highest BCUT2D eigenvalue weighted by molar-refractivity contribution is 6.13. The maximum Gasteiger partial charge on any atom is 0.257 e. The summed E-state index contributed by atoms with van der Waals surface area (Å²) in [4.78, 5) is 29.6. The van der Waals surface area contributed by atoms with Crippen LogP contribution >= 0.6 is 0 Å². The van der Waals surface area contributed by atoms with Gasteiger partial charge in [-0.25, -0.2) is 4.98 Å². The summed E-state index contributed by atoms with van der Waals surface area (Å²) < 4.78 is 7.86. The molecule has 11 heteroatoms. The molecule has 2 N–H and O–H groups in total. The first-order valence-corrected chi connectivity index (χ1v) is 12.4. The van der Waals surface area contributed by atoms with Gasteiger partial charge in [-0.05, 0) is 32.9 Å². The van der Waals surface area contributed by atoms with E-state index in [0.29, 0.717) is 51.5 Å². The lowest BCUT2D eigenvalue weighted by Crippen LogP contribution is -2.54. The number of rotatable bonds is 5. The van der Waals surface area contributed by atoms with Crippen molar-refractivity contribution < 1.29 is 9.53 Å². The van der Waals surface area contributed by atoms with E-state index in [2.05, 4.69) is 54.5 Å². The highest BCUT2D eigenvalue weighted by atomic mass is 16.5. The molecule has 0 unspecified atom stereocenters. The van der Waals surface area contributed by atoms with Gasteiger partial charge in [-0.2, -0.15) is 10.2 Å². The Hall–Kier alpha value is -4.64. The lowest BCUT2D eigenvalue weighted by molar-refractivity contribution is 0.102. The molecule has 1 aliphatic heterocycles. The molecule has 6 rings (SSSR count). The van der Waals surface area contributed by atoms with Gasteiger partial charge < -0.3 is 24.7 Å². The average Bonchev–Trinajstić information content (AvgIpc) is 3.28. The van der Waals surface area contributed by atoms with Crippen LogP contribution in [0.3, 0.4) is 0 Å². The molecule has 38 heavy (non-hydrogen) atoms. The van der Waals surface area contributed by atoms with Gasteiger partial charge in [0.25, 0.3) is 5.91 Å². The number of piperazine rings is 1. The Bertz CT molecular complexity index is 1630. The molecule has 5 aromatic rings. The van der Waals surface area contributed by atoms with Gasteiger partial charge in [-0.3, -0.25) is 14.8 Å². The maximum atomic E-state index is 13.5. The van der Waals surface area contributed by atoms with Gasteiger partial charge in [0.15, 0.2) is 11.4 Å². The molecule has 0 bridgehead atoms. The van der Waals surface area contributed by atoms with E-state index in [9.17, 15) is 4.79 Å². The Morgan fingerprint density at radius 2 is 1.82 bits per heavy atom. The molecule has 1 aromatic carbocycles. The van der Waals surface area contributed by atoms with Crippen LogP contribution in [0, 0.1) is 6.92 Å². The second kappa shape index (κ2) is 9.67. The normalized spacial score (nSPS) is 17.6. The summed E-state index contributed by atoms with van der Waals surface area (Å²) in [5.74, 6) is 0.696. The van der Waals surface area contributed by atoms with Crippen LogP contribution in [-0.4, -0.2) is 60.6 Å². The van der Waals surface area contributed by atoms with Crippen LogP contribution < -0.4 is 20.3 Å². The van der Waals surface area contributed by atoms with E-state index in [1.165, 1.54) is 6.20 Å². The first-order valence-electron chi connectivity index (χ1n) is 12.4. The molecule has 0 radical (unpaired) electrons. The van der Waals surface area contributed by atoms with E-state index in [4.69, 9.17) is 4.74 Å². The number of carbonyl (C=O) groups is 1. The van der Waals surface area contributed by atoms with E-state index < -0.39 is 0 Å². The van der Waals surface area contributed by atoms with Crippen molar-refractivity contribution in [2.24, 2.45) is 0 Å². The molecular weight excluding hydrogens is 482 g/mol. The predicted molar refractivity (Wildman–Crippen MR) is 144 cm³/mol. The van der Waals surface area contributed by atoms with E-state index in [-0.39, 0.29) is 5.91 Å². The third kappa shape index (κ3) is 4.59. The summed E-state index contributed by atoms with van der Waals surface area (Å²) in [6.07, 6.45) is 10.0. The standard InChI is InChI=1S/C27H27N9O2/c1-16-12-35(13-17(2)32-16)22-5-4-21(24-25(22)29-9-8-28-24)27(37)34-19-10-23(38-20-6-7-30-31-11-20)26-33-18(3)14-36(26)15-19/h4-11,14-17,32H,12-13H2,1-3H3,(H,34,37)/t16-,17-/m0/s1. The number of nitrogens with zero attached hydrogens (tertiary/aromatic N) is 7. The number of ether oxygens (including phenoxy) is 1. The fourth-order valence-electron chi connectivity index (χ4n) is 5.00. The van der Waals surface area contributed by atoms with Crippen LogP contribution in [0.4, 0.5) is 11.4 Å². The van der Waals surface area contributed by atoms with Crippen LogP contribution in [0.2, 0.25) is 0 Å². The predicted octanol–water partition coefficient (Wildman–Crippen LogP) is 3.61. The maximum absolute atomic E-state index is 13.5. The number of hydrogen-bond donors (Lipinski definition) is 2. The van der Waals surface area contributed by atoms with Crippen molar-refractivity contribution in [2.45, 2.75) is 32.9 Å². The lowest BCUT2D eigenvalue weighted by atomic mass is 10.1. The summed E-state index contributed by atoms with van der Waals surface area (Å²) in [6, 6.07) is 7.91. The third-order valence-corrected chi connectivity index (χ3v) is 6.43. The number of pyridine rings is 1. The number of amides is 1. The topological polar surface area (TPSA) is 122 Å². The minimum atomic E-state index is -0.295. The molecule has 2 atom stereocenters. The van der Waals surface area contributed by atoms with Crippen LogP contribution in [0.25, 0.3) is 16.7 Å². The van der Waals surface area contributed by atoms with Gasteiger partial charge in [0.2, 0.25) is 0 Å². The van der Waals surface area contributed by atoms with Crippen LogP contribution in [0.5, 0.6) is 11.5 Å². The van der Waals surface area contributed by atoms with Crippen molar-refractivity contribution in [2.75, 3.05) is 23.3 Å². The first-order chi connectivity index (χ1) is 18.4. The number of imidazole rings is 1. The van der Waals surface area contributed by atoms with Crippen LogP contribution in [-0.2, 0) is 0 Å². The number of nitrogens with one attached hydrogen (secondary N) is 2. The molecule has 0 saturated carbocycles. The van der Waals surface area contributed by atoms with Gasteiger partial charge in [-0.15, -0.1) is 0 Å². The third-order valence-electron chi connectivity index (χ3n) is 6.43. The SMILES string of the molecule is Cc1cn2cc(NC(=O)c3ccc(N4C[C@H](C)N[C@@H](C)C4)c4nccnc34)cc(Oc3ccnnc3)c2n1. The van der Waals surface area contributed by atoms with Crippen molar-refractivity contribution in [1.29, 1.82) is 0 Å². The Morgan fingerprint density at radius 3 is 2.58 bits per heavy atom. The van der Waals surface area contributed by atoms with Gasteiger partial charge >= 0.3 is 0 Å². The summed E-state index contributed by atoms with van der Waals surface area (Å²) in [7, 11) is 0. The van der Waals surface area contributed by atoms with Gasteiger partial charge in [0.1, 0.15) is 16.8 Å². The minimum Gasteiger partial charge on any atom is -0.452 e. The molecular formula is C27H27N9O2. The number of aromatic nitrogens is 6. The lowest BCUT2D eigenvalue weighted by Gasteiger charge is -2.38. The largest absolute Gasteiger partial charge is 0.452 e. The summed E-state index contributed by atoms with van der Waals surface area (Å²) in [6.45, 7) is 7.93. The number of aryl methyl sites for hydroxylation is 1. The van der Waals surface area contributed by atoms with Crippen molar-refractivity contribution in [3.63, 3.8) is 0 Å². The zero-order valence-electron chi connectivity index (χ0n) is 21.3. The van der Waals surface area contributed by atoms with Crippen LogP contribution in [0.1, 0.15) is 29.9 Å². The summed E-state index contributed by atoms with van der Waals surface area (Å²) in [5, 5.41) is 14.2. The highest BCUT2D eigenvalue weighted by Gasteiger charge is 2.25. The van der Waals surface area contributed by atoms with E-state index in [1.807, 2.05) is 29.7 Å². The summed E-state index contributed by atoms with van der Waals surface area (Å²) in [5.41, 5.74) is 4.66. The average molecular weight is 510 g/mol. The number of carbonyl (C=O) groups excluding carboxylic acids is 1. The molecule has 5 heterocycles. The molecule has 1 aliphatic rings. The quantitative estimate of drug-likeness (QED) is 0.366. The number of anilines is 2. The fraction of sp³-hybridized carbons (Fsp3) is 0.259. The van der Waals surface area contributed by atoms with E-state index >= 15 is 0 Å². The second-order valence-electron chi connectivity index (χ2n) is 9.60. The van der Waals surface area contributed by atoms with Gasteiger partial charge in [0, 0.05) is 62.1 Å². The molecule has 4 aromatic heterocycles. The molecule has 192 valence electrons. The van der Waals surface area contributed by atoms with Crippen LogP contribution in [0.15, 0.2) is 61.4 Å². The van der Waals surface area contributed by atoms with E-state index in [0.717, 1.165) is 24.5 Å². The molecule has 0 spiro atoms. The molecule has 1 saturated heterocycles. The van der Waals surface area contributed by atoms with E-state index in [1.54, 1.807) is 36.9 Å². The minimum absolute atomic E-state index is 0.295. The Labute approximate surface area is 218 Å². The molecule has 1 fully saturated rings. The smallest absolute Gasteiger partial charge is 0.257 e. The number of fused-ring (bicyclic) bond motifs is 2. The monoisotopic (exact) mass is 509 g/mol. The number of hydrogen-bond acceptors (Lipinski definition) is 9. The zero-order valence-corrected chi connectivity index (χ0v) is 21.3. The Morgan fingerprint density at radius 1 is 1.03 bits per heavy atom.